The minimum absolute atomic E-state index is 0.146. The van der Waals surface area contributed by atoms with Crippen LogP contribution in [-0.4, -0.2) is 66.8 Å². The van der Waals surface area contributed by atoms with Crippen molar-refractivity contribution in [3.63, 3.8) is 0 Å². The van der Waals surface area contributed by atoms with E-state index in [-0.39, 0.29) is 17.9 Å². The molecule has 1 aliphatic rings. The zero-order valence-electron chi connectivity index (χ0n) is 13.2. The van der Waals surface area contributed by atoms with Crippen LogP contribution in [0.2, 0.25) is 0 Å². The van der Waals surface area contributed by atoms with Gasteiger partial charge in [0.1, 0.15) is 0 Å². The molecule has 0 aromatic heterocycles. The van der Waals surface area contributed by atoms with E-state index in [2.05, 4.69) is 25.7 Å². The van der Waals surface area contributed by atoms with Crippen LogP contribution in [0.15, 0.2) is 0 Å². The lowest BCUT2D eigenvalue weighted by Gasteiger charge is -2.38. The van der Waals surface area contributed by atoms with Gasteiger partial charge in [-0.2, -0.15) is 4.31 Å². The Bertz CT molecular complexity index is 372. The molecule has 0 bridgehead atoms. The van der Waals surface area contributed by atoms with Crippen LogP contribution in [0.25, 0.3) is 0 Å². The van der Waals surface area contributed by atoms with Crippen molar-refractivity contribution in [3.8, 4) is 0 Å². The Hall–Kier alpha value is -0.170. The average molecular weight is 306 g/mol. The Kier molecular flexibility index (Phi) is 6.91. The van der Waals surface area contributed by atoms with Gasteiger partial charge in [0.2, 0.25) is 10.0 Å². The molecule has 0 saturated carbocycles. The zero-order chi connectivity index (χ0) is 15.3. The van der Waals surface area contributed by atoms with Crippen LogP contribution in [-0.2, 0) is 10.0 Å². The third-order valence-electron chi connectivity index (χ3n) is 4.14. The molecule has 1 N–H and O–H groups in total. The third-order valence-corrected chi connectivity index (χ3v) is 6.44. The first-order valence-electron chi connectivity index (χ1n) is 7.66. The highest BCUT2D eigenvalue weighted by Crippen LogP contribution is 2.19. The molecule has 120 valence electrons. The molecule has 1 fully saturated rings. The Labute approximate surface area is 124 Å². The van der Waals surface area contributed by atoms with Gasteiger partial charge in [-0.1, -0.05) is 20.8 Å². The molecule has 0 aromatic rings. The molecule has 5 nitrogen and oxygen atoms in total. The van der Waals surface area contributed by atoms with E-state index in [1.165, 1.54) is 0 Å². The normalized spacial score (nSPS) is 22.1. The van der Waals surface area contributed by atoms with Gasteiger partial charge < -0.3 is 5.11 Å². The summed E-state index contributed by atoms with van der Waals surface area (Å²) >= 11 is 0. The first-order chi connectivity index (χ1) is 9.32. The number of aliphatic hydroxyl groups is 1. The van der Waals surface area contributed by atoms with Gasteiger partial charge in [-0.15, -0.1) is 0 Å². The summed E-state index contributed by atoms with van der Waals surface area (Å²) in [5.41, 5.74) is 0. The molecule has 0 amide bonds. The maximum absolute atomic E-state index is 12.5. The summed E-state index contributed by atoms with van der Waals surface area (Å²) in [6, 6.07) is 0.160. The third kappa shape index (κ3) is 4.41. The van der Waals surface area contributed by atoms with Gasteiger partial charge in [-0.25, -0.2) is 8.42 Å². The van der Waals surface area contributed by atoms with Crippen LogP contribution < -0.4 is 0 Å². The summed E-state index contributed by atoms with van der Waals surface area (Å²) in [6.07, 6.45) is 1.60. The van der Waals surface area contributed by atoms with Crippen molar-refractivity contribution in [2.75, 3.05) is 32.8 Å². The fourth-order valence-electron chi connectivity index (χ4n) is 2.87. The first kappa shape index (κ1) is 17.9. The van der Waals surface area contributed by atoms with Crippen molar-refractivity contribution < 1.29 is 13.5 Å². The molecule has 6 heteroatoms. The summed E-state index contributed by atoms with van der Waals surface area (Å²) in [5.74, 6) is 0.389. The second kappa shape index (κ2) is 7.73. The van der Waals surface area contributed by atoms with Crippen molar-refractivity contribution in [1.82, 2.24) is 9.21 Å². The lowest BCUT2D eigenvalue weighted by molar-refractivity contribution is 0.0878. The van der Waals surface area contributed by atoms with E-state index >= 15 is 0 Å². The number of nitrogens with zero attached hydrogens (tertiary/aromatic N) is 2. The first-order valence-corrected chi connectivity index (χ1v) is 9.17. The molecular formula is C14H30N2O3S. The summed E-state index contributed by atoms with van der Waals surface area (Å²) in [4.78, 5) is 2.19. The van der Waals surface area contributed by atoms with Crippen molar-refractivity contribution in [1.29, 1.82) is 0 Å². The average Bonchev–Trinajstić information content (AvgIpc) is 2.40. The molecule has 0 aromatic carbocycles. The molecule has 0 unspecified atom stereocenters. The zero-order valence-corrected chi connectivity index (χ0v) is 14.1. The predicted molar refractivity (Wildman–Crippen MR) is 82.1 cm³/mol. The van der Waals surface area contributed by atoms with Crippen LogP contribution in [0.4, 0.5) is 0 Å². The number of sulfonamides is 1. The molecular weight excluding hydrogens is 276 g/mol. The topological polar surface area (TPSA) is 60.9 Å². The summed E-state index contributed by atoms with van der Waals surface area (Å²) in [5, 5.41) is 9.01. The number of hydrogen-bond acceptors (Lipinski definition) is 4. The second-order valence-electron chi connectivity index (χ2n) is 6.16. The van der Waals surface area contributed by atoms with Crippen molar-refractivity contribution in [2.45, 2.75) is 51.8 Å². The molecule has 20 heavy (non-hydrogen) atoms. The Balaban J connectivity index is 2.60. The molecule has 2 atom stereocenters. The fraction of sp³-hybridized carbons (Fsp3) is 1.00. The van der Waals surface area contributed by atoms with E-state index in [9.17, 15) is 13.5 Å². The smallest absolute Gasteiger partial charge is 0.216 e. The predicted octanol–water partition coefficient (Wildman–Crippen LogP) is 1.14. The van der Waals surface area contributed by atoms with E-state index < -0.39 is 10.0 Å². The standard InChI is InChI=1S/C14H30N2O3S/c1-5-14(11-17)15-6-8-16(9-7-15)20(18,19)13(4)10-12(2)3/h12-14,17H,5-11H2,1-4H3/t13-,14-/m1/s1. The van der Waals surface area contributed by atoms with Gasteiger partial charge in [0.15, 0.2) is 0 Å². The maximum Gasteiger partial charge on any atom is 0.216 e. The molecule has 1 aliphatic heterocycles. The number of rotatable bonds is 7. The van der Waals surface area contributed by atoms with Crippen molar-refractivity contribution >= 4 is 10.0 Å². The summed E-state index contributed by atoms with van der Waals surface area (Å²) in [6.45, 7) is 10.6. The van der Waals surface area contributed by atoms with Gasteiger partial charge in [-0.05, 0) is 25.7 Å². The minimum Gasteiger partial charge on any atom is -0.395 e. The van der Waals surface area contributed by atoms with E-state index in [4.69, 9.17) is 0 Å². The Morgan fingerprint density at radius 3 is 2.05 bits per heavy atom. The van der Waals surface area contributed by atoms with Gasteiger partial charge in [-0.3, -0.25) is 4.90 Å². The Morgan fingerprint density at radius 1 is 1.10 bits per heavy atom. The lowest BCUT2D eigenvalue weighted by Crippen LogP contribution is -2.54. The quantitative estimate of drug-likeness (QED) is 0.766. The van der Waals surface area contributed by atoms with E-state index in [0.29, 0.717) is 38.5 Å². The van der Waals surface area contributed by atoms with Gasteiger partial charge in [0.25, 0.3) is 0 Å². The van der Waals surface area contributed by atoms with Gasteiger partial charge in [0.05, 0.1) is 11.9 Å². The van der Waals surface area contributed by atoms with Crippen LogP contribution >= 0.6 is 0 Å². The lowest BCUT2D eigenvalue weighted by atomic mass is 10.1. The van der Waals surface area contributed by atoms with E-state index in [1.807, 2.05) is 6.92 Å². The van der Waals surface area contributed by atoms with Gasteiger partial charge >= 0.3 is 0 Å². The van der Waals surface area contributed by atoms with E-state index in [0.717, 1.165) is 6.42 Å². The van der Waals surface area contributed by atoms with E-state index in [1.54, 1.807) is 4.31 Å². The highest BCUT2D eigenvalue weighted by Gasteiger charge is 2.33. The molecule has 1 rings (SSSR count). The molecule has 0 radical (unpaired) electrons. The molecule has 0 spiro atoms. The summed E-state index contributed by atoms with van der Waals surface area (Å²) in [7, 11) is -3.18. The molecule has 1 saturated heterocycles. The Morgan fingerprint density at radius 2 is 1.65 bits per heavy atom. The van der Waals surface area contributed by atoms with Gasteiger partial charge in [0, 0.05) is 32.2 Å². The van der Waals surface area contributed by atoms with Crippen LogP contribution in [0.1, 0.15) is 40.5 Å². The number of piperazine rings is 1. The highest BCUT2D eigenvalue weighted by atomic mass is 32.2. The van der Waals surface area contributed by atoms with Crippen LogP contribution in [0.3, 0.4) is 0 Å². The van der Waals surface area contributed by atoms with Crippen LogP contribution in [0.5, 0.6) is 0 Å². The monoisotopic (exact) mass is 306 g/mol. The highest BCUT2D eigenvalue weighted by molar-refractivity contribution is 7.89. The largest absolute Gasteiger partial charge is 0.395 e. The SMILES string of the molecule is CC[C@H](CO)N1CCN(S(=O)(=O)[C@H](C)CC(C)C)CC1. The van der Waals surface area contributed by atoms with Crippen molar-refractivity contribution in [3.05, 3.63) is 0 Å². The number of hydrogen-bond donors (Lipinski definition) is 1. The second-order valence-corrected chi connectivity index (χ2v) is 8.52. The summed E-state index contributed by atoms with van der Waals surface area (Å²) < 4.78 is 26.6. The van der Waals surface area contributed by atoms with Crippen LogP contribution in [0, 0.1) is 5.92 Å². The fourth-order valence-corrected chi connectivity index (χ4v) is 4.68. The molecule has 0 aliphatic carbocycles. The minimum atomic E-state index is -3.18. The van der Waals surface area contributed by atoms with Crippen molar-refractivity contribution in [2.24, 2.45) is 5.92 Å². The maximum atomic E-state index is 12.5. The number of aliphatic hydroxyl groups excluding tert-OH is 1. The molecule has 1 heterocycles.